The molecule has 0 heterocycles. The molecular formula is C7H14O2. The second-order valence-corrected chi connectivity index (χ2v) is 2.66. The molecule has 0 bridgehead atoms. The first-order valence-corrected chi connectivity index (χ1v) is 3.59. The first-order chi connectivity index (χ1) is 4.34. The van der Waals surface area contributed by atoms with E-state index in [-0.39, 0.29) is 0 Å². The van der Waals surface area contributed by atoms with Gasteiger partial charge in [0, 0.05) is 0 Å². The third-order valence-corrected chi connectivity index (χ3v) is 1.76. The zero-order chi connectivity index (χ0) is 6.69. The quantitative estimate of drug-likeness (QED) is 0.327. The van der Waals surface area contributed by atoms with E-state index in [1.165, 1.54) is 6.42 Å². The van der Waals surface area contributed by atoms with Crippen molar-refractivity contribution in [1.82, 2.24) is 0 Å². The zero-order valence-corrected chi connectivity index (χ0v) is 6.09. The molecule has 0 saturated heterocycles. The van der Waals surface area contributed by atoms with Crippen LogP contribution in [0, 0.1) is 11.8 Å². The highest BCUT2D eigenvalue weighted by atomic mass is 17.2. The Bertz CT molecular complexity index is 83.0. The average molecular weight is 130 g/mol. The third kappa shape index (κ3) is 2.33. The molecule has 2 atom stereocenters. The lowest BCUT2D eigenvalue weighted by Gasteiger charge is -1.97. The Kier molecular flexibility index (Phi) is 2.49. The van der Waals surface area contributed by atoms with Gasteiger partial charge in [0.2, 0.25) is 0 Å². The highest BCUT2D eigenvalue weighted by molar-refractivity contribution is 4.81. The van der Waals surface area contributed by atoms with E-state index in [2.05, 4.69) is 6.92 Å². The normalized spacial score (nSPS) is 32.7. The summed E-state index contributed by atoms with van der Waals surface area (Å²) in [4.78, 5) is 9.61. The van der Waals surface area contributed by atoms with Crippen LogP contribution >= 0.6 is 0 Å². The summed E-state index contributed by atoms with van der Waals surface area (Å²) in [5.74, 6) is 1.64. The first kappa shape index (κ1) is 7.03. The van der Waals surface area contributed by atoms with Crippen LogP contribution in [0.3, 0.4) is 0 Å². The lowest BCUT2D eigenvalue weighted by atomic mass is 10.4. The monoisotopic (exact) mass is 130 g/mol. The summed E-state index contributed by atoms with van der Waals surface area (Å²) in [5, 5.41) is 0. The van der Waals surface area contributed by atoms with Crippen molar-refractivity contribution in [2.75, 3.05) is 13.2 Å². The highest BCUT2D eigenvalue weighted by Crippen LogP contribution is 2.37. The van der Waals surface area contributed by atoms with Gasteiger partial charge < -0.3 is 0 Å². The highest BCUT2D eigenvalue weighted by Gasteiger charge is 2.32. The molecule has 2 heteroatoms. The molecule has 1 rings (SSSR count). The van der Waals surface area contributed by atoms with Gasteiger partial charge in [0.1, 0.15) is 0 Å². The van der Waals surface area contributed by atoms with E-state index in [0.717, 1.165) is 18.4 Å². The summed E-state index contributed by atoms with van der Waals surface area (Å²) in [7, 11) is 0. The fourth-order valence-corrected chi connectivity index (χ4v) is 0.850. The van der Waals surface area contributed by atoms with E-state index in [0.29, 0.717) is 6.61 Å². The molecule has 0 spiro atoms. The predicted octanol–water partition coefficient (Wildman–Crippen LogP) is 1.61. The zero-order valence-electron chi connectivity index (χ0n) is 6.09. The second-order valence-electron chi connectivity index (χ2n) is 2.66. The van der Waals surface area contributed by atoms with Crippen molar-refractivity contribution in [1.29, 1.82) is 0 Å². The van der Waals surface area contributed by atoms with E-state index in [4.69, 9.17) is 9.78 Å². The molecule has 0 aromatic heterocycles. The molecule has 9 heavy (non-hydrogen) atoms. The lowest BCUT2D eigenvalue weighted by molar-refractivity contribution is -0.294. The Balaban J connectivity index is 1.83. The molecule has 1 aliphatic rings. The summed E-state index contributed by atoms with van der Waals surface area (Å²) >= 11 is 0. The van der Waals surface area contributed by atoms with Crippen LogP contribution in [0.25, 0.3) is 0 Å². The molecular weight excluding hydrogens is 116 g/mol. The largest absolute Gasteiger partial charge is 0.237 e. The Labute approximate surface area is 56.1 Å². The molecule has 54 valence electrons. The van der Waals surface area contributed by atoms with Gasteiger partial charge in [-0.3, -0.25) is 0 Å². The van der Waals surface area contributed by atoms with Gasteiger partial charge in [-0.15, -0.1) is 0 Å². The topological polar surface area (TPSA) is 18.5 Å². The van der Waals surface area contributed by atoms with Crippen LogP contribution < -0.4 is 0 Å². The molecule has 0 aromatic rings. The molecule has 1 aliphatic carbocycles. The summed E-state index contributed by atoms with van der Waals surface area (Å²) < 4.78 is 0. The third-order valence-electron chi connectivity index (χ3n) is 1.76. The fraction of sp³-hybridized carbons (Fsp3) is 1.00. The van der Waals surface area contributed by atoms with Crippen LogP contribution in [0.5, 0.6) is 0 Å². The van der Waals surface area contributed by atoms with Gasteiger partial charge >= 0.3 is 0 Å². The van der Waals surface area contributed by atoms with Crippen molar-refractivity contribution >= 4 is 0 Å². The maximum Gasteiger partial charge on any atom is 0.0853 e. The van der Waals surface area contributed by atoms with Crippen LogP contribution in [0.15, 0.2) is 0 Å². The standard InChI is InChI=1S/C7H14O2/c1-3-8-9-5-7-4-6(7)2/h6-7H,3-5H2,1-2H3. The van der Waals surface area contributed by atoms with Crippen molar-refractivity contribution < 1.29 is 9.78 Å². The van der Waals surface area contributed by atoms with Gasteiger partial charge in [0.25, 0.3) is 0 Å². The first-order valence-electron chi connectivity index (χ1n) is 3.59. The van der Waals surface area contributed by atoms with Gasteiger partial charge in [-0.1, -0.05) is 6.92 Å². The Morgan fingerprint density at radius 3 is 2.56 bits per heavy atom. The minimum Gasteiger partial charge on any atom is -0.237 e. The number of hydrogen-bond acceptors (Lipinski definition) is 2. The van der Waals surface area contributed by atoms with E-state index in [1.54, 1.807) is 0 Å². The van der Waals surface area contributed by atoms with E-state index in [1.807, 2.05) is 6.92 Å². The van der Waals surface area contributed by atoms with Crippen molar-refractivity contribution in [3.8, 4) is 0 Å². The van der Waals surface area contributed by atoms with Gasteiger partial charge in [0.15, 0.2) is 0 Å². The molecule has 0 aliphatic heterocycles. The SMILES string of the molecule is CCOOCC1CC1C. The van der Waals surface area contributed by atoms with Crippen molar-refractivity contribution in [3.05, 3.63) is 0 Å². The van der Waals surface area contributed by atoms with E-state index in [9.17, 15) is 0 Å². The maximum atomic E-state index is 4.88. The molecule has 1 fully saturated rings. The molecule has 2 unspecified atom stereocenters. The second kappa shape index (κ2) is 3.18. The molecule has 0 aromatic carbocycles. The molecule has 2 nitrogen and oxygen atoms in total. The number of hydrogen-bond donors (Lipinski definition) is 0. The maximum absolute atomic E-state index is 4.88. The summed E-state index contributed by atoms with van der Waals surface area (Å²) in [6, 6.07) is 0. The Hall–Kier alpha value is -0.0800. The summed E-state index contributed by atoms with van der Waals surface area (Å²) in [6.45, 7) is 5.60. The lowest BCUT2D eigenvalue weighted by Crippen LogP contribution is -1.98. The van der Waals surface area contributed by atoms with Crippen molar-refractivity contribution in [2.24, 2.45) is 11.8 Å². The molecule has 1 saturated carbocycles. The van der Waals surface area contributed by atoms with Crippen molar-refractivity contribution in [3.63, 3.8) is 0 Å². The van der Waals surface area contributed by atoms with Crippen LogP contribution in [0.4, 0.5) is 0 Å². The number of rotatable bonds is 4. The summed E-state index contributed by atoms with van der Waals surface area (Å²) in [5.41, 5.74) is 0. The van der Waals surface area contributed by atoms with Gasteiger partial charge in [-0.25, -0.2) is 9.78 Å². The van der Waals surface area contributed by atoms with Gasteiger partial charge in [0.05, 0.1) is 13.2 Å². The van der Waals surface area contributed by atoms with Gasteiger partial charge in [-0.05, 0) is 25.2 Å². The van der Waals surface area contributed by atoms with Crippen LogP contribution in [-0.4, -0.2) is 13.2 Å². The molecule has 0 radical (unpaired) electrons. The van der Waals surface area contributed by atoms with Crippen molar-refractivity contribution in [2.45, 2.75) is 20.3 Å². The molecule has 0 N–H and O–H groups in total. The average Bonchev–Trinajstić information content (AvgIpc) is 2.48. The van der Waals surface area contributed by atoms with E-state index < -0.39 is 0 Å². The van der Waals surface area contributed by atoms with Crippen LogP contribution in [0.1, 0.15) is 20.3 Å². The van der Waals surface area contributed by atoms with Crippen LogP contribution in [-0.2, 0) is 9.78 Å². The Morgan fingerprint density at radius 1 is 1.44 bits per heavy atom. The Morgan fingerprint density at radius 2 is 2.11 bits per heavy atom. The van der Waals surface area contributed by atoms with Crippen LogP contribution in [0.2, 0.25) is 0 Å². The minimum atomic E-state index is 0.654. The van der Waals surface area contributed by atoms with E-state index >= 15 is 0 Å². The smallest absolute Gasteiger partial charge is 0.0853 e. The predicted molar refractivity (Wildman–Crippen MR) is 34.8 cm³/mol. The fourth-order valence-electron chi connectivity index (χ4n) is 0.850. The molecule has 0 amide bonds. The van der Waals surface area contributed by atoms with Gasteiger partial charge in [-0.2, -0.15) is 0 Å². The summed E-state index contributed by atoms with van der Waals surface area (Å²) in [6.07, 6.45) is 1.31. The minimum absolute atomic E-state index is 0.654.